The number of rotatable bonds is 8. The summed E-state index contributed by atoms with van der Waals surface area (Å²) in [5.41, 5.74) is 0.567. The first-order chi connectivity index (χ1) is 14.8. The molecule has 1 saturated heterocycles. The van der Waals surface area contributed by atoms with E-state index in [2.05, 4.69) is 39.5 Å². The van der Waals surface area contributed by atoms with Gasteiger partial charge in [-0.2, -0.15) is 0 Å². The highest BCUT2D eigenvalue weighted by Gasteiger charge is 2.25. The van der Waals surface area contributed by atoms with E-state index in [0.717, 1.165) is 56.4 Å². The Labute approximate surface area is 186 Å². The third-order valence-corrected chi connectivity index (χ3v) is 5.38. The number of aromatic nitrogens is 1. The number of piperazine rings is 1. The van der Waals surface area contributed by atoms with Crippen molar-refractivity contribution in [3.05, 3.63) is 17.5 Å². The lowest BCUT2D eigenvalue weighted by Crippen LogP contribution is -2.51. The average Bonchev–Trinajstić information content (AvgIpc) is 3.19. The second kappa shape index (κ2) is 11.9. The smallest absolute Gasteiger partial charge is 0.410 e. The number of carbonyl (C=O) groups excluding carboxylic acids is 1. The van der Waals surface area contributed by atoms with Gasteiger partial charge in [0.05, 0.1) is 12.2 Å². The van der Waals surface area contributed by atoms with Crippen molar-refractivity contribution in [2.45, 2.75) is 65.5 Å². The van der Waals surface area contributed by atoms with Gasteiger partial charge in [0.1, 0.15) is 5.60 Å². The minimum atomic E-state index is -0.456. The third kappa shape index (κ3) is 8.40. The van der Waals surface area contributed by atoms with E-state index >= 15 is 0 Å². The number of ether oxygens (including phenoxy) is 1. The largest absolute Gasteiger partial charge is 0.444 e. The molecule has 2 rings (SSSR count). The van der Waals surface area contributed by atoms with E-state index in [1.165, 1.54) is 0 Å². The van der Waals surface area contributed by atoms with Crippen LogP contribution >= 0.6 is 0 Å². The van der Waals surface area contributed by atoms with E-state index in [1.807, 2.05) is 26.8 Å². The number of nitrogens with one attached hydrogen (secondary N) is 2. The van der Waals surface area contributed by atoms with E-state index in [4.69, 9.17) is 9.26 Å². The molecule has 1 aliphatic heterocycles. The molecule has 0 unspecified atom stereocenters. The SMILES string of the molecule is CCC(CC)c1cc(CNC(=NC)NCCN2CCN(C(=O)OC(C)(C)C)CC2)on1. The van der Waals surface area contributed by atoms with Crippen LogP contribution in [-0.2, 0) is 11.3 Å². The molecule has 0 radical (unpaired) electrons. The molecule has 0 saturated carbocycles. The van der Waals surface area contributed by atoms with E-state index in [9.17, 15) is 4.79 Å². The first-order valence-corrected chi connectivity index (χ1v) is 11.4. The molecular formula is C22H40N6O3. The summed E-state index contributed by atoms with van der Waals surface area (Å²) >= 11 is 0. The molecule has 31 heavy (non-hydrogen) atoms. The van der Waals surface area contributed by atoms with Crippen LogP contribution in [0.15, 0.2) is 15.6 Å². The molecule has 0 spiro atoms. The van der Waals surface area contributed by atoms with Gasteiger partial charge in [-0.15, -0.1) is 0 Å². The molecule has 1 aromatic heterocycles. The summed E-state index contributed by atoms with van der Waals surface area (Å²) in [5.74, 6) is 1.99. The van der Waals surface area contributed by atoms with Crippen molar-refractivity contribution >= 4 is 12.1 Å². The second-order valence-corrected chi connectivity index (χ2v) is 8.89. The summed E-state index contributed by atoms with van der Waals surface area (Å²) in [4.78, 5) is 20.5. The molecular weight excluding hydrogens is 396 g/mol. The van der Waals surface area contributed by atoms with Crippen molar-refractivity contribution in [3.8, 4) is 0 Å². The van der Waals surface area contributed by atoms with Crippen LogP contribution in [0.2, 0.25) is 0 Å². The molecule has 9 heteroatoms. The first kappa shape index (κ1) is 25.0. The Balaban J connectivity index is 1.67. The van der Waals surface area contributed by atoms with Crippen LogP contribution in [-0.4, -0.2) is 78.9 Å². The lowest BCUT2D eigenvalue weighted by molar-refractivity contribution is 0.0147. The van der Waals surface area contributed by atoms with Crippen LogP contribution in [0.5, 0.6) is 0 Å². The molecule has 0 aromatic carbocycles. The van der Waals surface area contributed by atoms with Gasteiger partial charge in [0.15, 0.2) is 11.7 Å². The minimum Gasteiger partial charge on any atom is -0.444 e. The van der Waals surface area contributed by atoms with Crippen LogP contribution in [0.1, 0.15) is 64.8 Å². The van der Waals surface area contributed by atoms with Gasteiger partial charge in [-0.05, 0) is 33.6 Å². The highest BCUT2D eigenvalue weighted by atomic mass is 16.6. The zero-order valence-corrected chi connectivity index (χ0v) is 20.0. The molecule has 2 N–H and O–H groups in total. The Hall–Kier alpha value is -2.29. The lowest BCUT2D eigenvalue weighted by Gasteiger charge is -2.35. The van der Waals surface area contributed by atoms with Crippen molar-refractivity contribution in [2.24, 2.45) is 4.99 Å². The molecule has 176 valence electrons. The number of aliphatic imine (C=N–C) groups is 1. The van der Waals surface area contributed by atoms with Gasteiger partial charge >= 0.3 is 6.09 Å². The zero-order chi connectivity index (χ0) is 22.9. The highest BCUT2D eigenvalue weighted by molar-refractivity contribution is 5.79. The number of carbonyl (C=O) groups is 1. The van der Waals surface area contributed by atoms with Crippen LogP contribution < -0.4 is 10.6 Å². The quantitative estimate of drug-likeness (QED) is 0.478. The van der Waals surface area contributed by atoms with Crippen LogP contribution in [0.4, 0.5) is 4.79 Å². The second-order valence-electron chi connectivity index (χ2n) is 8.89. The summed E-state index contributed by atoms with van der Waals surface area (Å²) in [6, 6.07) is 2.03. The molecule has 0 bridgehead atoms. The zero-order valence-electron chi connectivity index (χ0n) is 20.0. The minimum absolute atomic E-state index is 0.227. The Morgan fingerprint density at radius 3 is 2.48 bits per heavy atom. The van der Waals surface area contributed by atoms with Crippen molar-refractivity contribution in [1.82, 2.24) is 25.6 Å². The predicted octanol–water partition coefficient (Wildman–Crippen LogP) is 2.80. The van der Waals surface area contributed by atoms with E-state index in [1.54, 1.807) is 11.9 Å². The highest BCUT2D eigenvalue weighted by Crippen LogP contribution is 2.22. The molecule has 0 atom stereocenters. The van der Waals surface area contributed by atoms with Gasteiger partial charge < -0.3 is 24.8 Å². The van der Waals surface area contributed by atoms with Crippen molar-refractivity contribution in [2.75, 3.05) is 46.3 Å². The molecule has 1 fully saturated rings. The summed E-state index contributed by atoms with van der Waals surface area (Å²) in [6.07, 6.45) is 1.89. The summed E-state index contributed by atoms with van der Waals surface area (Å²) in [5, 5.41) is 10.8. The standard InChI is InChI=1S/C22H40N6O3/c1-7-17(8-2)19-15-18(31-26-19)16-25-20(23-6)24-9-10-27-11-13-28(14-12-27)21(29)30-22(3,4)5/h15,17H,7-14,16H2,1-6H3,(H2,23,24,25). The molecule has 0 aliphatic carbocycles. The Bertz CT molecular complexity index is 700. The number of hydrogen-bond acceptors (Lipinski definition) is 6. The maximum atomic E-state index is 12.2. The van der Waals surface area contributed by atoms with Crippen LogP contribution in [0, 0.1) is 0 Å². The predicted molar refractivity (Wildman–Crippen MR) is 122 cm³/mol. The number of amides is 1. The molecule has 2 heterocycles. The van der Waals surface area contributed by atoms with E-state index < -0.39 is 5.60 Å². The Morgan fingerprint density at radius 2 is 1.90 bits per heavy atom. The lowest BCUT2D eigenvalue weighted by atomic mass is 9.99. The molecule has 1 aliphatic rings. The fraction of sp³-hybridized carbons (Fsp3) is 0.773. The third-order valence-electron chi connectivity index (χ3n) is 5.38. The Kier molecular flexibility index (Phi) is 9.61. The van der Waals surface area contributed by atoms with Gasteiger partial charge in [0.2, 0.25) is 0 Å². The number of nitrogens with zero attached hydrogens (tertiary/aromatic N) is 4. The van der Waals surface area contributed by atoms with Crippen molar-refractivity contribution in [1.29, 1.82) is 0 Å². The van der Waals surface area contributed by atoms with Gasteiger partial charge in [0.25, 0.3) is 0 Å². The van der Waals surface area contributed by atoms with Gasteiger partial charge in [-0.25, -0.2) is 4.79 Å². The van der Waals surface area contributed by atoms with Crippen LogP contribution in [0.3, 0.4) is 0 Å². The number of hydrogen-bond donors (Lipinski definition) is 2. The molecule has 1 aromatic rings. The fourth-order valence-electron chi connectivity index (χ4n) is 3.52. The Morgan fingerprint density at radius 1 is 1.23 bits per heavy atom. The normalized spacial score (nSPS) is 16.0. The van der Waals surface area contributed by atoms with E-state index in [0.29, 0.717) is 25.6 Å². The topological polar surface area (TPSA) is 95.2 Å². The summed E-state index contributed by atoms with van der Waals surface area (Å²) < 4.78 is 10.9. The monoisotopic (exact) mass is 436 g/mol. The molecule has 9 nitrogen and oxygen atoms in total. The van der Waals surface area contributed by atoms with Crippen LogP contribution in [0.25, 0.3) is 0 Å². The fourth-order valence-corrected chi connectivity index (χ4v) is 3.52. The summed E-state index contributed by atoms with van der Waals surface area (Å²) in [7, 11) is 1.75. The van der Waals surface area contributed by atoms with Gasteiger partial charge in [-0.3, -0.25) is 9.89 Å². The summed E-state index contributed by atoms with van der Waals surface area (Å²) in [6.45, 7) is 15.2. The van der Waals surface area contributed by atoms with Crippen molar-refractivity contribution in [3.63, 3.8) is 0 Å². The maximum Gasteiger partial charge on any atom is 0.410 e. The van der Waals surface area contributed by atoms with Crippen molar-refractivity contribution < 1.29 is 14.1 Å². The first-order valence-electron chi connectivity index (χ1n) is 11.4. The average molecular weight is 437 g/mol. The number of guanidine groups is 1. The van der Waals surface area contributed by atoms with E-state index in [-0.39, 0.29) is 6.09 Å². The van der Waals surface area contributed by atoms with Gasteiger partial charge in [0, 0.05) is 58.3 Å². The van der Waals surface area contributed by atoms with Gasteiger partial charge in [-0.1, -0.05) is 19.0 Å². The maximum absolute atomic E-state index is 12.2. The molecule has 1 amide bonds.